The van der Waals surface area contributed by atoms with Crippen LogP contribution in [0.25, 0.3) is 0 Å². The second kappa shape index (κ2) is 9.44. The summed E-state index contributed by atoms with van der Waals surface area (Å²) in [6, 6.07) is 21.8. The van der Waals surface area contributed by atoms with Gasteiger partial charge in [0, 0.05) is 27.3 Å². The van der Waals surface area contributed by atoms with Crippen molar-refractivity contribution in [1.82, 2.24) is 0 Å². The van der Waals surface area contributed by atoms with Crippen LogP contribution < -0.4 is 10.6 Å². The minimum atomic E-state index is -0.350. The zero-order chi connectivity index (χ0) is 24.4. The highest BCUT2D eigenvalue weighted by atomic mass is 32.2. The Bertz CT molecular complexity index is 1460. The zero-order valence-electron chi connectivity index (χ0n) is 18.2. The summed E-state index contributed by atoms with van der Waals surface area (Å²) in [5.41, 5.74) is 2.11. The van der Waals surface area contributed by atoms with Crippen LogP contribution >= 0.6 is 11.8 Å². The number of hydrogen-bond donors (Lipinski definition) is 2. The number of fused-ring (bicyclic) bond motifs is 2. The predicted molar refractivity (Wildman–Crippen MR) is 132 cm³/mol. The van der Waals surface area contributed by atoms with Crippen molar-refractivity contribution in [2.24, 2.45) is 0 Å². The molecular formula is C27H18N2O5S. The van der Waals surface area contributed by atoms with E-state index in [0.29, 0.717) is 22.5 Å². The number of furan rings is 1. The number of nitrogens with one attached hydrogen (secondary N) is 2. The largest absolute Gasteiger partial charge is 0.459 e. The summed E-state index contributed by atoms with van der Waals surface area (Å²) < 4.78 is 5.07. The molecule has 0 saturated heterocycles. The smallest absolute Gasteiger partial charge is 0.291 e. The molecule has 35 heavy (non-hydrogen) atoms. The molecule has 0 fully saturated rings. The molecule has 0 aliphatic heterocycles. The Kier molecular flexibility index (Phi) is 6.03. The van der Waals surface area contributed by atoms with Gasteiger partial charge in [-0.15, -0.1) is 11.8 Å². The van der Waals surface area contributed by atoms with Crippen LogP contribution in [0.15, 0.2) is 94.4 Å². The SMILES string of the molecule is O=C(CSc1ccc(NC(=O)c2ccco2)cc1)Nc1cccc2c1C(=O)c1ccccc1C2=O. The number of thioether (sulfide) groups is 1. The van der Waals surface area contributed by atoms with Crippen LogP contribution in [0.3, 0.4) is 0 Å². The Morgan fingerprint density at radius 3 is 2.17 bits per heavy atom. The number of ketones is 2. The number of carbonyl (C=O) groups excluding carboxylic acids is 4. The Morgan fingerprint density at radius 1 is 0.743 bits per heavy atom. The Morgan fingerprint density at radius 2 is 1.46 bits per heavy atom. The van der Waals surface area contributed by atoms with Crippen molar-refractivity contribution in [3.05, 3.63) is 113 Å². The molecule has 172 valence electrons. The van der Waals surface area contributed by atoms with Crippen LogP contribution in [0, 0.1) is 0 Å². The maximum Gasteiger partial charge on any atom is 0.291 e. The van der Waals surface area contributed by atoms with Gasteiger partial charge in [0.1, 0.15) is 0 Å². The third kappa shape index (κ3) is 4.51. The van der Waals surface area contributed by atoms with Gasteiger partial charge in [-0.25, -0.2) is 0 Å². The van der Waals surface area contributed by atoms with Crippen LogP contribution in [0.5, 0.6) is 0 Å². The fourth-order valence-corrected chi connectivity index (χ4v) is 4.52. The quantitative estimate of drug-likeness (QED) is 0.329. The van der Waals surface area contributed by atoms with E-state index < -0.39 is 0 Å². The monoisotopic (exact) mass is 482 g/mol. The fourth-order valence-electron chi connectivity index (χ4n) is 3.82. The highest BCUT2D eigenvalue weighted by Crippen LogP contribution is 2.32. The average molecular weight is 483 g/mol. The van der Waals surface area contributed by atoms with E-state index in [1.807, 2.05) is 0 Å². The van der Waals surface area contributed by atoms with Crippen molar-refractivity contribution in [3.8, 4) is 0 Å². The number of hydrogen-bond acceptors (Lipinski definition) is 6. The van der Waals surface area contributed by atoms with Crippen LogP contribution in [0.2, 0.25) is 0 Å². The first-order valence-electron chi connectivity index (χ1n) is 10.7. The van der Waals surface area contributed by atoms with E-state index in [4.69, 9.17) is 4.42 Å². The molecule has 4 aromatic rings. The van der Waals surface area contributed by atoms with Gasteiger partial charge in [-0.1, -0.05) is 36.4 Å². The molecule has 2 amide bonds. The molecular weight excluding hydrogens is 464 g/mol. The van der Waals surface area contributed by atoms with E-state index in [1.54, 1.807) is 78.9 Å². The first-order chi connectivity index (χ1) is 17.0. The normalized spacial score (nSPS) is 12.0. The van der Waals surface area contributed by atoms with Gasteiger partial charge in [0.15, 0.2) is 17.3 Å². The van der Waals surface area contributed by atoms with E-state index >= 15 is 0 Å². The van der Waals surface area contributed by atoms with Gasteiger partial charge in [-0.3, -0.25) is 19.2 Å². The molecule has 0 atom stereocenters. The number of anilines is 2. The summed E-state index contributed by atoms with van der Waals surface area (Å²) in [6.07, 6.45) is 1.43. The van der Waals surface area contributed by atoms with Crippen molar-refractivity contribution in [3.63, 3.8) is 0 Å². The number of rotatable bonds is 6. The van der Waals surface area contributed by atoms with E-state index in [2.05, 4.69) is 10.6 Å². The van der Waals surface area contributed by atoms with Gasteiger partial charge in [0.2, 0.25) is 5.91 Å². The number of carbonyl (C=O) groups is 4. The Balaban J connectivity index is 1.23. The molecule has 0 saturated carbocycles. The van der Waals surface area contributed by atoms with Crippen LogP contribution in [0.4, 0.5) is 11.4 Å². The molecule has 1 aliphatic carbocycles. The lowest BCUT2D eigenvalue weighted by Crippen LogP contribution is -2.24. The molecule has 5 rings (SSSR count). The summed E-state index contributed by atoms with van der Waals surface area (Å²) in [6.45, 7) is 0. The van der Waals surface area contributed by atoms with Gasteiger partial charge in [0.25, 0.3) is 5.91 Å². The maximum absolute atomic E-state index is 13.1. The van der Waals surface area contributed by atoms with E-state index in [1.165, 1.54) is 18.0 Å². The minimum absolute atomic E-state index is 0.0977. The first kappa shape index (κ1) is 22.4. The molecule has 2 N–H and O–H groups in total. The number of amides is 2. The third-order valence-corrected chi connectivity index (χ3v) is 6.47. The van der Waals surface area contributed by atoms with Gasteiger partial charge in [-0.05, 0) is 42.5 Å². The topological polar surface area (TPSA) is 105 Å². The summed E-state index contributed by atoms with van der Waals surface area (Å²) in [7, 11) is 0. The molecule has 1 heterocycles. The number of benzene rings is 3. The third-order valence-electron chi connectivity index (χ3n) is 5.45. The van der Waals surface area contributed by atoms with Crippen LogP contribution in [-0.2, 0) is 4.79 Å². The summed E-state index contributed by atoms with van der Waals surface area (Å²) >= 11 is 1.31. The van der Waals surface area contributed by atoms with Gasteiger partial charge >= 0.3 is 0 Å². The van der Waals surface area contributed by atoms with Crippen molar-refractivity contribution in [1.29, 1.82) is 0 Å². The van der Waals surface area contributed by atoms with Crippen molar-refractivity contribution >= 4 is 46.5 Å². The van der Waals surface area contributed by atoms with E-state index in [9.17, 15) is 19.2 Å². The maximum atomic E-state index is 13.1. The second-order valence-electron chi connectivity index (χ2n) is 7.72. The minimum Gasteiger partial charge on any atom is -0.459 e. The van der Waals surface area contributed by atoms with Gasteiger partial charge < -0.3 is 15.1 Å². The molecule has 1 aliphatic rings. The molecule has 3 aromatic carbocycles. The molecule has 8 heteroatoms. The molecule has 0 unspecified atom stereocenters. The van der Waals surface area contributed by atoms with Crippen molar-refractivity contribution in [2.45, 2.75) is 4.90 Å². The molecule has 0 bridgehead atoms. The molecule has 1 aromatic heterocycles. The molecule has 0 spiro atoms. The predicted octanol–water partition coefficient (Wildman–Crippen LogP) is 5.04. The summed E-state index contributed by atoms with van der Waals surface area (Å²) in [5, 5.41) is 5.51. The average Bonchev–Trinajstić information content (AvgIpc) is 3.42. The summed E-state index contributed by atoms with van der Waals surface area (Å²) in [4.78, 5) is 51.5. The first-order valence-corrected chi connectivity index (χ1v) is 11.7. The zero-order valence-corrected chi connectivity index (χ0v) is 19.1. The van der Waals surface area contributed by atoms with Gasteiger partial charge in [-0.2, -0.15) is 0 Å². The standard InChI is InChI=1S/C27H18N2O5S/c30-23(15-35-17-12-10-16(11-13-17)28-27(33)22-9-4-14-34-22)29-21-8-3-7-20-24(21)26(32)19-6-2-1-5-18(19)25(20)31/h1-14H,15H2,(H,28,33)(H,29,30). The molecule has 7 nitrogen and oxygen atoms in total. The Labute approximate surface area is 204 Å². The lowest BCUT2D eigenvalue weighted by molar-refractivity contribution is -0.113. The van der Waals surface area contributed by atoms with E-state index in [0.717, 1.165) is 4.90 Å². The van der Waals surface area contributed by atoms with Crippen LogP contribution in [0.1, 0.15) is 42.4 Å². The lowest BCUT2D eigenvalue weighted by Gasteiger charge is -2.20. The van der Waals surface area contributed by atoms with Crippen molar-refractivity contribution < 1.29 is 23.6 Å². The van der Waals surface area contributed by atoms with Gasteiger partial charge in [0.05, 0.1) is 23.3 Å². The Hall–Kier alpha value is -4.43. The van der Waals surface area contributed by atoms with Crippen molar-refractivity contribution in [2.75, 3.05) is 16.4 Å². The van der Waals surface area contributed by atoms with E-state index in [-0.39, 0.29) is 46.0 Å². The highest BCUT2D eigenvalue weighted by Gasteiger charge is 2.31. The highest BCUT2D eigenvalue weighted by molar-refractivity contribution is 8.00. The van der Waals surface area contributed by atoms with Crippen LogP contribution in [-0.4, -0.2) is 29.1 Å². The fraction of sp³-hybridized carbons (Fsp3) is 0.0370. The molecule has 0 radical (unpaired) electrons. The lowest BCUT2D eigenvalue weighted by atomic mass is 9.83. The summed E-state index contributed by atoms with van der Waals surface area (Å²) in [5.74, 6) is -0.868. The second-order valence-corrected chi connectivity index (χ2v) is 8.77.